The molecular formula is C13H19BrFNO. The third-order valence-corrected chi connectivity index (χ3v) is 2.89. The summed E-state index contributed by atoms with van der Waals surface area (Å²) in [6.45, 7) is 4.91. The highest BCUT2D eigenvalue weighted by molar-refractivity contribution is 9.10. The summed E-state index contributed by atoms with van der Waals surface area (Å²) in [5, 5.41) is 3.16. The van der Waals surface area contributed by atoms with Crippen LogP contribution in [0.1, 0.15) is 25.3 Å². The maximum Gasteiger partial charge on any atom is 0.128 e. The lowest BCUT2D eigenvalue weighted by Crippen LogP contribution is -2.20. The molecule has 1 N–H and O–H groups in total. The molecule has 2 nitrogen and oxygen atoms in total. The molecule has 0 spiro atoms. The highest BCUT2D eigenvalue weighted by atomic mass is 79.9. The Bertz CT molecular complexity index is 333. The van der Waals surface area contributed by atoms with E-state index in [4.69, 9.17) is 4.74 Å². The Hall–Kier alpha value is -0.450. The van der Waals surface area contributed by atoms with Gasteiger partial charge in [-0.25, -0.2) is 4.39 Å². The molecule has 0 aliphatic carbocycles. The minimum atomic E-state index is -0.182. The maximum absolute atomic E-state index is 13.4. The number of rotatable bonds is 8. The van der Waals surface area contributed by atoms with Crippen molar-refractivity contribution in [1.82, 2.24) is 5.32 Å². The average Bonchev–Trinajstić information content (AvgIpc) is 2.30. The summed E-state index contributed by atoms with van der Waals surface area (Å²) in [5.74, 6) is -0.182. The second kappa shape index (κ2) is 8.61. The van der Waals surface area contributed by atoms with Crippen LogP contribution in [0.3, 0.4) is 0 Å². The molecule has 96 valence electrons. The molecule has 0 bridgehead atoms. The molecular weight excluding hydrogens is 285 g/mol. The largest absolute Gasteiger partial charge is 0.380 e. The Kier molecular flexibility index (Phi) is 7.40. The molecule has 17 heavy (non-hydrogen) atoms. The first kappa shape index (κ1) is 14.6. The zero-order valence-electron chi connectivity index (χ0n) is 10.1. The van der Waals surface area contributed by atoms with Crippen molar-refractivity contribution in [3.05, 3.63) is 34.1 Å². The zero-order valence-corrected chi connectivity index (χ0v) is 11.7. The normalized spacial score (nSPS) is 10.8. The number of nitrogens with one attached hydrogen (secondary N) is 1. The number of ether oxygens (including phenoxy) is 1. The van der Waals surface area contributed by atoms with Gasteiger partial charge < -0.3 is 10.1 Å². The minimum Gasteiger partial charge on any atom is -0.380 e. The number of hydrogen-bond acceptors (Lipinski definition) is 2. The quantitative estimate of drug-likeness (QED) is 0.742. The van der Waals surface area contributed by atoms with E-state index in [0.29, 0.717) is 18.7 Å². The summed E-state index contributed by atoms with van der Waals surface area (Å²) in [6.07, 6.45) is 2.25. The topological polar surface area (TPSA) is 21.3 Å². The Morgan fingerprint density at radius 3 is 2.88 bits per heavy atom. The summed E-state index contributed by atoms with van der Waals surface area (Å²) >= 11 is 3.23. The van der Waals surface area contributed by atoms with Gasteiger partial charge in [-0.15, -0.1) is 0 Å². The van der Waals surface area contributed by atoms with E-state index in [0.717, 1.165) is 30.5 Å². The average molecular weight is 304 g/mol. The van der Waals surface area contributed by atoms with Gasteiger partial charge in [-0.3, -0.25) is 0 Å². The molecule has 0 unspecified atom stereocenters. The zero-order chi connectivity index (χ0) is 12.5. The molecule has 1 aromatic carbocycles. The molecule has 0 fully saturated rings. The van der Waals surface area contributed by atoms with Crippen LogP contribution in [-0.4, -0.2) is 19.8 Å². The lowest BCUT2D eigenvalue weighted by molar-refractivity contribution is 0.133. The summed E-state index contributed by atoms with van der Waals surface area (Å²) < 4.78 is 19.6. The van der Waals surface area contributed by atoms with Crippen LogP contribution in [0.15, 0.2) is 22.7 Å². The van der Waals surface area contributed by atoms with Crippen LogP contribution in [0.5, 0.6) is 0 Å². The predicted octanol–water partition coefficient (Wildman–Crippen LogP) is 3.49. The molecule has 0 amide bonds. The van der Waals surface area contributed by atoms with Gasteiger partial charge in [0.2, 0.25) is 0 Å². The van der Waals surface area contributed by atoms with E-state index in [2.05, 4.69) is 28.2 Å². The van der Waals surface area contributed by atoms with Crippen LogP contribution >= 0.6 is 15.9 Å². The summed E-state index contributed by atoms with van der Waals surface area (Å²) in [5.41, 5.74) is 0.682. The third-order valence-electron chi connectivity index (χ3n) is 2.40. The molecule has 0 atom stereocenters. The molecule has 0 aromatic heterocycles. The second-order valence-electron chi connectivity index (χ2n) is 3.88. The van der Waals surface area contributed by atoms with Gasteiger partial charge in [0, 0.05) is 29.7 Å². The van der Waals surface area contributed by atoms with E-state index in [1.165, 1.54) is 6.07 Å². The second-order valence-corrected chi connectivity index (χ2v) is 4.79. The first-order valence-corrected chi connectivity index (χ1v) is 6.75. The van der Waals surface area contributed by atoms with Crippen molar-refractivity contribution in [2.75, 3.05) is 19.8 Å². The summed E-state index contributed by atoms with van der Waals surface area (Å²) in [6, 6.07) is 5.11. The highest BCUT2D eigenvalue weighted by Gasteiger charge is 2.01. The van der Waals surface area contributed by atoms with Crippen molar-refractivity contribution in [1.29, 1.82) is 0 Å². The SMILES string of the molecule is CCCCOCCNCc1ccc(Br)cc1F. The Labute approximate surface area is 111 Å². The molecule has 0 saturated carbocycles. The van der Waals surface area contributed by atoms with Crippen molar-refractivity contribution in [3.8, 4) is 0 Å². The lowest BCUT2D eigenvalue weighted by Gasteiger charge is -2.07. The van der Waals surface area contributed by atoms with Crippen molar-refractivity contribution in [2.24, 2.45) is 0 Å². The van der Waals surface area contributed by atoms with Crippen molar-refractivity contribution >= 4 is 15.9 Å². The third kappa shape index (κ3) is 6.15. The summed E-state index contributed by atoms with van der Waals surface area (Å²) in [4.78, 5) is 0. The van der Waals surface area contributed by atoms with E-state index < -0.39 is 0 Å². The van der Waals surface area contributed by atoms with E-state index in [1.807, 2.05) is 6.07 Å². The molecule has 0 aliphatic heterocycles. The minimum absolute atomic E-state index is 0.182. The molecule has 0 heterocycles. The summed E-state index contributed by atoms with van der Waals surface area (Å²) in [7, 11) is 0. The number of unbranched alkanes of at least 4 members (excludes halogenated alkanes) is 1. The lowest BCUT2D eigenvalue weighted by atomic mass is 10.2. The Morgan fingerprint density at radius 1 is 1.35 bits per heavy atom. The number of hydrogen-bond donors (Lipinski definition) is 1. The van der Waals surface area contributed by atoms with Gasteiger partial charge in [-0.05, 0) is 18.6 Å². The van der Waals surface area contributed by atoms with E-state index in [1.54, 1.807) is 6.07 Å². The monoisotopic (exact) mass is 303 g/mol. The van der Waals surface area contributed by atoms with E-state index in [-0.39, 0.29) is 5.82 Å². The van der Waals surface area contributed by atoms with E-state index in [9.17, 15) is 4.39 Å². The van der Waals surface area contributed by atoms with Crippen LogP contribution in [0.2, 0.25) is 0 Å². The smallest absolute Gasteiger partial charge is 0.128 e. The van der Waals surface area contributed by atoms with Gasteiger partial charge >= 0.3 is 0 Å². The predicted molar refractivity (Wildman–Crippen MR) is 71.5 cm³/mol. The van der Waals surface area contributed by atoms with Gasteiger partial charge in [0.1, 0.15) is 5.82 Å². The fourth-order valence-electron chi connectivity index (χ4n) is 1.38. The van der Waals surface area contributed by atoms with E-state index >= 15 is 0 Å². The van der Waals surface area contributed by atoms with Gasteiger partial charge in [-0.2, -0.15) is 0 Å². The highest BCUT2D eigenvalue weighted by Crippen LogP contribution is 2.14. The van der Waals surface area contributed by atoms with Crippen molar-refractivity contribution in [3.63, 3.8) is 0 Å². The first-order chi connectivity index (χ1) is 8.24. The van der Waals surface area contributed by atoms with Crippen LogP contribution < -0.4 is 5.32 Å². The standard InChI is InChI=1S/C13H19BrFNO/c1-2-3-7-17-8-6-16-10-11-4-5-12(14)9-13(11)15/h4-5,9,16H,2-3,6-8,10H2,1H3. The van der Waals surface area contributed by atoms with Gasteiger partial charge in [-0.1, -0.05) is 35.3 Å². The van der Waals surface area contributed by atoms with Crippen LogP contribution in [0, 0.1) is 5.82 Å². The van der Waals surface area contributed by atoms with Crippen molar-refractivity contribution in [2.45, 2.75) is 26.3 Å². The van der Waals surface area contributed by atoms with Crippen LogP contribution in [0.4, 0.5) is 4.39 Å². The van der Waals surface area contributed by atoms with Gasteiger partial charge in [0.05, 0.1) is 6.61 Å². The molecule has 1 rings (SSSR count). The number of benzene rings is 1. The molecule has 0 radical (unpaired) electrons. The van der Waals surface area contributed by atoms with Crippen molar-refractivity contribution < 1.29 is 9.13 Å². The fraction of sp³-hybridized carbons (Fsp3) is 0.538. The fourth-order valence-corrected chi connectivity index (χ4v) is 1.71. The molecule has 1 aromatic rings. The molecule has 0 saturated heterocycles. The Morgan fingerprint density at radius 2 is 2.18 bits per heavy atom. The Balaban J connectivity index is 2.14. The van der Waals surface area contributed by atoms with Crippen LogP contribution in [-0.2, 0) is 11.3 Å². The van der Waals surface area contributed by atoms with Gasteiger partial charge in [0.15, 0.2) is 0 Å². The first-order valence-electron chi connectivity index (χ1n) is 5.96. The number of halogens is 2. The molecule has 4 heteroatoms. The van der Waals surface area contributed by atoms with Gasteiger partial charge in [0.25, 0.3) is 0 Å². The molecule has 0 aliphatic rings. The maximum atomic E-state index is 13.4. The van der Waals surface area contributed by atoms with Crippen LogP contribution in [0.25, 0.3) is 0 Å².